The predicted octanol–water partition coefficient (Wildman–Crippen LogP) is 4.35. The second kappa shape index (κ2) is 10.1. The molecule has 0 aromatic heterocycles. The number of nitrogens with zero attached hydrogens (tertiary/aromatic N) is 2. The molecule has 1 amide bonds. The number of fused-ring (bicyclic) bond motifs is 1. The van der Waals surface area contributed by atoms with Crippen molar-refractivity contribution in [3.63, 3.8) is 0 Å². The molecule has 0 spiro atoms. The van der Waals surface area contributed by atoms with E-state index in [9.17, 15) is 4.79 Å². The topological polar surface area (TPSA) is 35.6 Å². The third kappa shape index (κ3) is 5.23. The first-order valence-corrected chi connectivity index (χ1v) is 11.6. The first-order chi connectivity index (χ1) is 14.7. The Kier molecular flexibility index (Phi) is 7.06. The van der Waals surface area contributed by atoms with Crippen LogP contribution in [-0.4, -0.2) is 44.0 Å². The number of hydrogen-bond donors (Lipinski definition) is 1. The molecule has 1 saturated heterocycles. The van der Waals surface area contributed by atoms with Gasteiger partial charge in [-0.1, -0.05) is 48.9 Å². The van der Waals surface area contributed by atoms with Crippen LogP contribution in [-0.2, 0) is 17.6 Å². The zero-order chi connectivity index (χ0) is 20.8. The molecule has 0 radical (unpaired) electrons. The second-order valence-corrected chi connectivity index (χ2v) is 8.82. The number of carbonyl (C=O) groups is 1. The molecule has 1 fully saturated rings. The van der Waals surface area contributed by atoms with E-state index in [2.05, 4.69) is 52.5 Å². The zero-order valence-corrected chi connectivity index (χ0v) is 18.3. The summed E-state index contributed by atoms with van der Waals surface area (Å²) in [5.74, 6) is 0.151. The van der Waals surface area contributed by atoms with E-state index in [1.54, 1.807) is 0 Å². The summed E-state index contributed by atoms with van der Waals surface area (Å²) in [6.07, 6.45) is 7.55. The molecule has 2 aliphatic rings. The lowest BCUT2D eigenvalue weighted by Gasteiger charge is -2.36. The molecule has 4 rings (SSSR count). The summed E-state index contributed by atoms with van der Waals surface area (Å²) in [7, 11) is 2.19. The van der Waals surface area contributed by atoms with Crippen molar-refractivity contribution in [3.05, 3.63) is 65.2 Å². The van der Waals surface area contributed by atoms with E-state index in [1.165, 1.54) is 48.1 Å². The highest BCUT2D eigenvalue weighted by molar-refractivity contribution is 5.76. The first kappa shape index (κ1) is 20.9. The Balaban J connectivity index is 1.43. The average molecular weight is 406 g/mol. The lowest BCUT2D eigenvalue weighted by atomic mass is 9.95. The highest BCUT2D eigenvalue weighted by atomic mass is 16.1. The van der Waals surface area contributed by atoms with Crippen LogP contribution >= 0.6 is 0 Å². The fourth-order valence-electron chi connectivity index (χ4n) is 4.90. The average Bonchev–Trinajstić information content (AvgIpc) is 2.79. The van der Waals surface area contributed by atoms with Gasteiger partial charge in [-0.2, -0.15) is 0 Å². The van der Waals surface area contributed by atoms with Crippen molar-refractivity contribution in [3.8, 4) is 0 Å². The highest BCUT2D eigenvalue weighted by Gasteiger charge is 2.24. The number of hydrogen-bond acceptors (Lipinski definition) is 3. The Hall–Kier alpha value is -2.33. The van der Waals surface area contributed by atoms with Gasteiger partial charge in [-0.3, -0.25) is 9.69 Å². The van der Waals surface area contributed by atoms with Gasteiger partial charge in [0.1, 0.15) is 0 Å². The van der Waals surface area contributed by atoms with Crippen LogP contribution in [0.25, 0.3) is 0 Å². The van der Waals surface area contributed by atoms with Gasteiger partial charge in [0.2, 0.25) is 5.91 Å². The minimum absolute atomic E-state index is 0.151. The van der Waals surface area contributed by atoms with Crippen LogP contribution in [0.5, 0.6) is 0 Å². The van der Waals surface area contributed by atoms with Gasteiger partial charge in [0.05, 0.1) is 6.04 Å². The van der Waals surface area contributed by atoms with E-state index in [0.29, 0.717) is 13.0 Å². The van der Waals surface area contributed by atoms with Gasteiger partial charge >= 0.3 is 0 Å². The molecule has 30 heavy (non-hydrogen) atoms. The maximum absolute atomic E-state index is 12.6. The molecule has 2 aliphatic heterocycles. The number of benzene rings is 2. The second-order valence-electron chi connectivity index (χ2n) is 8.82. The minimum Gasteiger partial charge on any atom is -0.374 e. The van der Waals surface area contributed by atoms with E-state index in [1.807, 2.05) is 18.2 Å². The number of rotatable bonds is 7. The van der Waals surface area contributed by atoms with E-state index in [4.69, 9.17) is 0 Å². The van der Waals surface area contributed by atoms with Crippen LogP contribution in [0.2, 0.25) is 0 Å². The Morgan fingerprint density at radius 1 is 1.00 bits per heavy atom. The summed E-state index contributed by atoms with van der Waals surface area (Å²) in [6.45, 7) is 4.09. The van der Waals surface area contributed by atoms with Crippen LogP contribution in [0.3, 0.4) is 0 Å². The fraction of sp³-hybridized carbons (Fsp3) is 0.500. The van der Waals surface area contributed by atoms with E-state index in [0.717, 1.165) is 32.5 Å². The summed E-state index contributed by atoms with van der Waals surface area (Å²) in [4.78, 5) is 17.5. The molecule has 0 bridgehead atoms. The lowest BCUT2D eigenvalue weighted by Crippen LogP contribution is -2.40. The molecule has 0 saturated carbocycles. The number of amides is 1. The quantitative estimate of drug-likeness (QED) is 0.744. The molecule has 160 valence electrons. The maximum atomic E-state index is 12.6. The SMILES string of the molecule is CN1CCCc2cc([C@@H](CNC(=O)CCc3ccccc3)N3CCCCC3)ccc21. The molecule has 4 heteroatoms. The van der Waals surface area contributed by atoms with Crippen LogP contribution in [0.1, 0.15) is 54.8 Å². The lowest BCUT2D eigenvalue weighted by molar-refractivity contribution is -0.121. The van der Waals surface area contributed by atoms with Crippen molar-refractivity contribution in [2.24, 2.45) is 0 Å². The summed E-state index contributed by atoms with van der Waals surface area (Å²) < 4.78 is 0. The molecule has 1 N–H and O–H groups in total. The Morgan fingerprint density at radius 2 is 1.80 bits per heavy atom. The molecule has 4 nitrogen and oxygen atoms in total. The zero-order valence-electron chi connectivity index (χ0n) is 18.3. The van der Waals surface area contributed by atoms with Crippen molar-refractivity contribution in [1.29, 1.82) is 0 Å². The van der Waals surface area contributed by atoms with Crippen LogP contribution < -0.4 is 10.2 Å². The molecule has 0 aliphatic carbocycles. The van der Waals surface area contributed by atoms with Gasteiger partial charge in [-0.05, 0) is 68.0 Å². The van der Waals surface area contributed by atoms with E-state index >= 15 is 0 Å². The van der Waals surface area contributed by atoms with Crippen molar-refractivity contribution < 1.29 is 4.79 Å². The summed E-state index contributed by atoms with van der Waals surface area (Å²) >= 11 is 0. The largest absolute Gasteiger partial charge is 0.374 e. The van der Waals surface area contributed by atoms with Crippen molar-refractivity contribution in [2.75, 3.05) is 38.1 Å². The van der Waals surface area contributed by atoms with Gasteiger partial charge in [-0.15, -0.1) is 0 Å². The third-order valence-corrected chi connectivity index (χ3v) is 6.65. The van der Waals surface area contributed by atoms with Crippen molar-refractivity contribution >= 4 is 11.6 Å². The number of aryl methyl sites for hydroxylation is 2. The number of nitrogens with one attached hydrogen (secondary N) is 1. The molecule has 2 aromatic rings. The molecular formula is C26H35N3O. The Labute approximate surface area is 181 Å². The predicted molar refractivity (Wildman–Crippen MR) is 124 cm³/mol. The third-order valence-electron chi connectivity index (χ3n) is 6.65. The fourth-order valence-corrected chi connectivity index (χ4v) is 4.90. The standard InChI is InChI=1S/C26H35N3O/c1-28-16-8-11-22-19-23(13-14-24(22)28)25(29-17-6-3-7-18-29)20-27-26(30)15-12-21-9-4-2-5-10-21/h2,4-5,9-10,13-14,19,25H,3,6-8,11-12,15-18,20H2,1H3,(H,27,30)/t25-/m1/s1. The molecule has 0 unspecified atom stereocenters. The summed E-state index contributed by atoms with van der Waals surface area (Å²) in [5, 5.41) is 3.25. The molecule has 1 atom stereocenters. The van der Waals surface area contributed by atoms with Crippen molar-refractivity contribution in [2.45, 2.75) is 51.0 Å². The van der Waals surface area contributed by atoms with Crippen molar-refractivity contribution in [1.82, 2.24) is 10.2 Å². The van der Waals surface area contributed by atoms with E-state index in [-0.39, 0.29) is 11.9 Å². The van der Waals surface area contributed by atoms with Gasteiger partial charge < -0.3 is 10.2 Å². The maximum Gasteiger partial charge on any atom is 0.220 e. The van der Waals surface area contributed by atoms with Gasteiger partial charge in [-0.25, -0.2) is 0 Å². The van der Waals surface area contributed by atoms with E-state index < -0.39 is 0 Å². The van der Waals surface area contributed by atoms with Gasteiger partial charge in [0.15, 0.2) is 0 Å². The number of piperidine rings is 1. The molecular weight excluding hydrogens is 370 g/mol. The van der Waals surface area contributed by atoms with Crippen LogP contribution in [0.4, 0.5) is 5.69 Å². The smallest absolute Gasteiger partial charge is 0.220 e. The number of anilines is 1. The van der Waals surface area contributed by atoms with Crippen LogP contribution in [0, 0.1) is 0 Å². The summed E-state index contributed by atoms with van der Waals surface area (Å²) in [5.41, 5.74) is 5.40. The van der Waals surface area contributed by atoms with Gasteiger partial charge in [0.25, 0.3) is 0 Å². The summed E-state index contributed by atoms with van der Waals surface area (Å²) in [6, 6.07) is 17.5. The monoisotopic (exact) mass is 405 g/mol. The Bertz CT molecular complexity index is 829. The van der Waals surface area contributed by atoms with Gasteiger partial charge in [0, 0.05) is 32.2 Å². The Morgan fingerprint density at radius 3 is 2.60 bits per heavy atom. The normalized spacial score (nSPS) is 18.0. The number of carbonyl (C=O) groups excluding carboxylic acids is 1. The minimum atomic E-state index is 0.151. The first-order valence-electron chi connectivity index (χ1n) is 11.6. The molecule has 2 heterocycles. The number of likely N-dealkylation sites (tertiary alicyclic amines) is 1. The van der Waals surface area contributed by atoms with Crippen LogP contribution in [0.15, 0.2) is 48.5 Å². The molecule has 2 aromatic carbocycles. The highest BCUT2D eigenvalue weighted by Crippen LogP contribution is 2.31.